The number of nitrogens with zero attached hydrogens (tertiary/aromatic N) is 2. The van der Waals surface area contributed by atoms with E-state index in [2.05, 4.69) is 20.8 Å². The van der Waals surface area contributed by atoms with Crippen LogP contribution in [-0.4, -0.2) is 34.6 Å². The molecule has 2 atom stereocenters. The fraction of sp³-hybridized carbons (Fsp3) is 0.583. The van der Waals surface area contributed by atoms with E-state index in [1.165, 1.54) is 0 Å². The number of hydrogen-bond donors (Lipinski definition) is 0. The van der Waals surface area contributed by atoms with E-state index < -0.39 is 5.79 Å². The lowest BCUT2D eigenvalue weighted by Gasteiger charge is -2.59. The smallest absolute Gasteiger partial charge is 0.211 e. The van der Waals surface area contributed by atoms with Gasteiger partial charge in [0.1, 0.15) is 5.69 Å². The van der Waals surface area contributed by atoms with Crippen molar-refractivity contribution in [2.75, 3.05) is 13.2 Å². The predicted octanol–water partition coefficient (Wildman–Crippen LogP) is 4.03. The summed E-state index contributed by atoms with van der Waals surface area (Å²) in [5.41, 5.74) is 3.52. The third-order valence-corrected chi connectivity index (χ3v) is 7.97. The Morgan fingerprint density at radius 2 is 1.79 bits per heavy atom. The van der Waals surface area contributed by atoms with Gasteiger partial charge in [-0.1, -0.05) is 51.1 Å². The van der Waals surface area contributed by atoms with E-state index in [1.54, 1.807) is 0 Å². The van der Waals surface area contributed by atoms with E-state index >= 15 is 0 Å². The SMILES string of the molecule is Cn1nc2c(c1C(=O)c1ccccc1)CC[C@H]1C(C)(C)C3(CC[C@]21C)OCCO3. The van der Waals surface area contributed by atoms with E-state index in [0.29, 0.717) is 19.1 Å². The Morgan fingerprint density at radius 3 is 2.48 bits per heavy atom. The van der Waals surface area contributed by atoms with Gasteiger partial charge in [0.25, 0.3) is 0 Å². The van der Waals surface area contributed by atoms with Gasteiger partial charge in [-0.05, 0) is 25.2 Å². The molecule has 29 heavy (non-hydrogen) atoms. The number of aromatic nitrogens is 2. The van der Waals surface area contributed by atoms with Gasteiger partial charge in [-0.3, -0.25) is 9.48 Å². The molecule has 0 N–H and O–H groups in total. The number of ether oxygens (including phenoxy) is 2. The molecule has 0 unspecified atom stereocenters. The standard InChI is InChI=1S/C24H30N2O3/c1-22(2)18-11-10-17-19(20(27)16-8-6-5-7-9-16)26(4)25-21(17)23(18,3)12-13-24(22)28-14-15-29-24/h5-9,18H,10-15H2,1-4H3/t18-,23-/m0/s1. The molecular formula is C24H30N2O3. The molecule has 2 heterocycles. The van der Waals surface area contributed by atoms with Crippen molar-refractivity contribution < 1.29 is 14.3 Å². The zero-order chi connectivity index (χ0) is 20.4. The van der Waals surface area contributed by atoms with Gasteiger partial charge in [0, 0.05) is 35.4 Å². The number of carbonyl (C=O) groups excluding carboxylic acids is 1. The summed E-state index contributed by atoms with van der Waals surface area (Å²) < 4.78 is 14.2. The van der Waals surface area contributed by atoms with Crippen molar-refractivity contribution in [3.63, 3.8) is 0 Å². The number of carbonyl (C=O) groups is 1. The molecule has 5 rings (SSSR count). The minimum Gasteiger partial charge on any atom is -0.347 e. The molecule has 0 amide bonds. The average molecular weight is 395 g/mol. The van der Waals surface area contributed by atoms with Crippen molar-refractivity contribution in [2.45, 2.75) is 57.7 Å². The second-order valence-corrected chi connectivity index (χ2v) is 9.67. The molecule has 1 saturated carbocycles. The molecule has 2 fully saturated rings. The summed E-state index contributed by atoms with van der Waals surface area (Å²) >= 11 is 0. The summed E-state index contributed by atoms with van der Waals surface area (Å²) in [6.45, 7) is 8.28. The number of rotatable bonds is 2. The van der Waals surface area contributed by atoms with Gasteiger partial charge < -0.3 is 9.47 Å². The van der Waals surface area contributed by atoms with Crippen LogP contribution >= 0.6 is 0 Å². The van der Waals surface area contributed by atoms with Crippen LogP contribution in [0, 0.1) is 11.3 Å². The summed E-state index contributed by atoms with van der Waals surface area (Å²) in [4.78, 5) is 13.3. The minimum absolute atomic E-state index is 0.0675. The molecule has 0 bridgehead atoms. The number of ketones is 1. The summed E-state index contributed by atoms with van der Waals surface area (Å²) in [6.07, 6.45) is 3.72. The first-order valence-electron chi connectivity index (χ1n) is 10.7. The lowest BCUT2D eigenvalue weighted by atomic mass is 9.49. The molecule has 5 nitrogen and oxygen atoms in total. The number of hydrogen-bond acceptors (Lipinski definition) is 4. The molecule has 2 aromatic rings. The molecule has 3 aliphatic rings. The van der Waals surface area contributed by atoms with E-state index in [-0.39, 0.29) is 16.6 Å². The molecule has 2 aliphatic carbocycles. The normalized spacial score (nSPS) is 29.4. The maximum atomic E-state index is 13.3. The average Bonchev–Trinajstić information content (AvgIpc) is 3.32. The third-order valence-electron chi connectivity index (χ3n) is 7.97. The lowest BCUT2D eigenvalue weighted by molar-refractivity contribution is -0.276. The largest absolute Gasteiger partial charge is 0.347 e. The van der Waals surface area contributed by atoms with Crippen molar-refractivity contribution in [3.8, 4) is 0 Å². The van der Waals surface area contributed by atoms with Crippen LogP contribution in [0.5, 0.6) is 0 Å². The van der Waals surface area contributed by atoms with Crippen molar-refractivity contribution >= 4 is 5.78 Å². The van der Waals surface area contributed by atoms with Crippen molar-refractivity contribution in [3.05, 3.63) is 52.8 Å². The van der Waals surface area contributed by atoms with Crippen LogP contribution < -0.4 is 0 Å². The highest BCUT2D eigenvalue weighted by atomic mass is 16.7. The molecule has 154 valence electrons. The number of aryl methyl sites for hydroxylation is 1. The van der Waals surface area contributed by atoms with Crippen molar-refractivity contribution in [1.82, 2.24) is 9.78 Å². The fourth-order valence-electron chi connectivity index (χ4n) is 6.48. The van der Waals surface area contributed by atoms with Gasteiger partial charge in [-0.25, -0.2) is 0 Å². The van der Waals surface area contributed by atoms with Crippen molar-refractivity contribution in [1.29, 1.82) is 0 Å². The van der Waals surface area contributed by atoms with E-state index in [0.717, 1.165) is 48.2 Å². The topological polar surface area (TPSA) is 53.4 Å². The molecule has 1 aromatic heterocycles. The van der Waals surface area contributed by atoms with Gasteiger partial charge in [0.15, 0.2) is 5.79 Å². The van der Waals surface area contributed by atoms with Crippen LogP contribution in [0.25, 0.3) is 0 Å². The molecule has 1 aromatic carbocycles. The van der Waals surface area contributed by atoms with E-state index in [9.17, 15) is 4.79 Å². The first-order chi connectivity index (χ1) is 13.8. The van der Waals surface area contributed by atoms with Crippen LogP contribution in [0.2, 0.25) is 0 Å². The number of benzene rings is 1. The Morgan fingerprint density at radius 1 is 1.10 bits per heavy atom. The Bertz CT molecular complexity index is 956. The van der Waals surface area contributed by atoms with Crippen LogP contribution in [0.1, 0.15) is 67.3 Å². The van der Waals surface area contributed by atoms with Crippen LogP contribution in [-0.2, 0) is 28.4 Å². The molecule has 1 spiro atoms. The Hall–Kier alpha value is -1.98. The minimum atomic E-state index is -0.480. The first kappa shape index (κ1) is 19.0. The fourth-order valence-corrected chi connectivity index (χ4v) is 6.48. The van der Waals surface area contributed by atoms with E-state index in [4.69, 9.17) is 14.6 Å². The molecule has 1 saturated heterocycles. The third kappa shape index (κ3) is 2.47. The summed E-state index contributed by atoms with van der Waals surface area (Å²) in [6, 6.07) is 9.54. The zero-order valence-corrected chi connectivity index (χ0v) is 17.8. The van der Waals surface area contributed by atoms with Crippen molar-refractivity contribution in [2.24, 2.45) is 18.4 Å². The van der Waals surface area contributed by atoms with Gasteiger partial charge in [0.05, 0.1) is 18.9 Å². The molecule has 5 heteroatoms. The highest BCUT2D eigenvalue weighted by Gasteiger charge is 2.64. The maximum Gasteiger partial charge on any atom is 0.211 e. The van der Waals surface area contributed by atoms with Gasteiger partial charge >= 0.3 is 0 Å². The van der Waals surface area contributed by atoms with Crippen LogP contribution in [0.3, 0.4) is 0 Å². The highest BCUT2D eigenvalue weighted by molar-refractivity contribution is 6.09. The van der Waals surface area contributed by atoms with Gasteiger partial charge in [-0.2, -0.15) is 5.10 Å². The van der Waals surface area contributed by atoms with Gasteiger partial charge in [-0.15, -0.1) is 0 Å². The predicted molar refractivity (Wildman–Crippen MR) is 110 cm³/mol. The molecule has 0 radical (unpaired) electrons. The quantitative estimate of drug-likeness (QED) is 0.722. The monoisotopic (exact) mass is 394 g/mol. The Balaban J connectivity index is 1.58. The first-order valence-corrected chi connectivity index (χ1v) is 10.7. The zero-order valence-electron chi connectivity index (χ0n) is 17.8. The number of fused-ring (bicyclic) bond motifs is 3. The maximum absolute atomic E-state index is 13.3. The van der Waals surface area contributed by atoms with Crippen LogP contribution in [0.4, 0.5) is 0 Å². The second kappa shape index (κ2) is 6.26. The molecular weight excluding hydrogens is 364 g/mol. The second-order valence-electron chi connectivity index (χ2n) is 9.67. The van der Waals surface area contributed by atoms with E-state index in [1.807, 2.05) is 42.1 Å². The molecule has 1 aliphatic heterocycles. The lowest BCUT2D eigenvalue weighted by Crippen LogP contribution is -2.61. The summed E-state index contributed by atoms with van der Waals surface area (Å²) in [7, 11) is 1.91. The van der Waals surface area contributed by atoms with Crippen LogP contribution in [0.15, 0.2) is 30.3 Å². The Labute approximate surface area is 172 Å². The summed E-state index contributed by atoms with van der Waals surface area (Å²) in [5.74, 6) is -0.0200. The van der Waals surface area contributed by atoms with Gasteiger partial charge in [0.2, 0.25) is 5.78 Å². The summed E-state index contributed by atoms with van der Waals surface area (Å²) in [5, 5.41) is 4.95. The highest BCUT2D eigenvalue weighted by Crippen LogP contribution is 2.62. The Kier molecular flexibility index (Phi) is 4.10.